The highest BCUT2D eigenvalue weighted by Gasteiger charge is 2.02. The van der Waals surface area contributed by atoms with Gasteiger partial charge in [0, 0.05) is 0 Å². The lowest BCUT2D eigenvalue weighted by Gasteiger charge is -2.03. The minimum absolute atomic E-state index is 0.0917. The zero-order valence-corrected chi connectivity index (χ0v) is 11.4. The van der Waals surface area contributed by atoms with Gasteiger partial charge in [-0.2, -0.15) is 10.2 Å². The molecular weight excluding hydrogens is 256 g/mol. The highest BCUT2D eigenvalue weighted by atomic mass is 15.3. The van der Waals surface area contributed by atoms with Crippen molar-refractivity contribution in [1.82, 2.24) is 0 Å². The summed E-state index contributed by atoms with van der Waals surface area (Å²) in [6, 6.07) is 7.53. The van der Waals surface area contributed by atoms with Gasteiger partial charge in [-0.3, -0.25) is 0 Å². The van der Waals surface area contributed by atoms with Crippen LogP contribution in [0.4, 0.5) is 0 Å². The Morgan fingerprint density at radius 3 is 1.50 bits per heavy atom. The van der Waals surface area contributed by atoms with Crippen LogP contribution in [-0.2, 0) is 0 Å². The van der Waals surface area contributed by atoms with E-state index in [0.29, 0.717) is 11.4 Å². The summed E-state index contributed by atoms with van der Waals surface area (Å²) < 4.78 is 0. The van der Waals surface area contributed by atoms with Crippen LogP contribution in [0.15, 0.2) is 44.7 Å². The summed E-state index contributed by atoms with van der Waals surface area (Å²) in [4.78, 5) is 0. The van der Waals surface area contributed by atoms with Crippen molar-refractivity contribution >= 4 is 23.3 Å². The maximum Gasteiger partial charge on any atom is 0.211 e. The van der Waals surface area contributed by atoms with Gasteiger partial charge in [-0.15, -0.1) is 10.2 Å². The molecule has 0 radical (unpaired) electrons. The number of rotatable bonds is 4. The second kappa shape index (κ2) is 6.88. The van der Waals surface area contributed by atoms with Crippen molar-refractivity contribution in [2.45, 2.75) is 13.8 Å². The molecule has 0 fully saturated rings. The number of guanidine groups is 2. The van der Waals surface area contributed by atoms with Gasteiger partial charge in [-0.25, -0.2) is 0 Å². The highest BCUT2D eigenvalue weighted by molar-refractivity contribution is 6.04. The minimum Gasteiger partial charge on any atom is -0.369 e. The Balaban J connectivity index is 3.08. The Kier molecular flexibility index (Phi) is 5.21. The molecule has 0 aliphatic carbocycles. The molecule has 0 saturated heterocycles. The predicted octanol–water partition coefficient (Wildman–Crippen LogP) is -0.319. The molecule has 8 N–H and O–H groups in total. The van der Waals surface area contributed by atoms with Crippen molar-refractivity contribution < 1.29 is 0 Å². The zero-order valence-electron chi connectivity index (χ0n) is 11.4. The summed E-state index contributed by atoms with van der Waals surface area (Å²) in [6.07, 6.45) is 0. The maximum absolute atomic E-state index is 5.23. The lowest BCUT2D eigenvalue weighted by Crippen LogP contribution is -2.22. The summed E-state index contributed by atoms with van der Waals surface area (Å²) in [5.74, 6) is -0.183. The first-order valence-electron chi connectivity index (χ1n) is 5.77. The molecule has 0 unspecified atom stereocenters. The van der Waals surface area contributed by atoms with Crippen LogP contribution in [0.2, 0.25) is 0 Å². The molecule has 0 atom stereocenters. The number of hydrogen-bond donors (Lipinski definition) is 4. The molecule has 20 heavy (non-hydrogen) atoms. The van der Waals surface area contributed by atoms with Crippen LogP contribution in [0.5, 0.6) is 0 Å². The second-order valence-electron chi connectivity index (χ2n) is 4.00. The monoisotopic (exact) mass is 274 g/mol. The Hall–Kier alpha value is -2.90. The molecule has 0 saturated carbocycles. The van der Waals surface area contributed by atoms with Gasteiger partial charge in [0.15, 0.2) is 0 Å². The summed E-state index contributed by atoms with van der Waals surface area (Å²) in [6.45, 7) is 3.60. The molecule has 0 heterocycles. The summed E-state index contributed by atoms with van der Waals surface area (Å²) in [7, 11) is 0. The van der Waals surface area contributed by atoms with Crippen molar-refractivity contribution in [3.63, 3.8) is 0 Å². The summed E-state index contributed by atoms with van der Waals surface area (Å²) in [5, 5.41) is 15.1. The standard InChI is InChI=1S/C12H18N8/c1-7(17-19-11(13)14)9-4-3-5-10(6-9)8(2)18-20-12(15)16/h3-6H,1-2H3,(H4,13,14,19)(H4,15,16,20)/b17-7-,18-8+. The fourth-order valence-electron chi connectivity index (χ4n) is 1.35. The van der Waals surface area contributed by atoms with Crippen molar-refractivity contribution in [3.05, 3.63) is 35.4 Å². The summed E-state index contributed by atoms with van der Waals surface area (Å²) in [5.41, 5.74) is 24.0. The van der Waals surface area contributed by atoms with Gasteiger partial charge in [0.25, 0.3) is 0 Å². The molecule has 0 aliphatic rings. The van der Waals surface area contributed by atoms with E-state index in [1.807, 2.05) is 24.3 Å². The van der Waals surface area contributed by atoms with Gasteiger partial charge in [-0.1, -0.05) is 18.2 Å². The zero-order chi connectivity index (χ0) is 15.1. The molecule has 0 aromatic heterocycles. The molecule has 0 aliphatic heterocycles. The molecule has 1 rings (SSSR count). The van der Waals surface area contributed by atoms with E-state index in [9.17, 15) is 0 Å². The van der Waals surface area contributed by atoms with Crippen LogP contribution < -0.4 is 22.9 Å². The third-order valence-corrected chi connectivity index (χ3v) is 2.33. The average molecular weight is 274 g/mol. The molecule has 0 amide bonds. The fraction of sp³-hybridized carbons (Fsp3) is 0.167. The molecule has 0 spiro atoms. The van der Waals surface area contributed by atoms with E-state index in [-0.39, 0.29) is 11.9 Å². The molecular formula is C12H18N8. The van der Waals surface area contributed by atoms with Gasteiger partial charge in [0.1, 0.15) is 0 Å². The van der Waals surface area contributed by atoms with E-state index in [0.717, 1.165) is 11.1 Å². The molecule has 1 aromatic carbocycles. The lowest BCUT2D eigenvalue weighted by molar-refractivity contribution is 1.19. The van der Waals surface area contributed by atoms with E-state index in [1.165, 1.54) is 0 Å². The number of hydrogen-bond acceptors (Lipinski definition) is 4. The number of nitrogens with zero attached hydrogens (tertiary/aromatic N) is 4. The van der Waals surface area contributed by atoms with Crippen LogP contribution >= 0.6 is 0 Å². The van der Waals surface area contributed by atoms with Crippen molar-refractivity contribution in [1.29, 1.82) is 0 Å². The number of benzene rings is 1. The van der Waals surface area contributed by atoms with Gasteiger partial charge in [-0.05, 0) is 31.0 Å². The Labute approximate surface area is 117 Å². The molecule has 8 nitrogen and oxygen atoms in total. The first kappa shape index (κ1) is 15.2. The SMILES string of the molecule is C/C(=N/N=C(N)N)c1cccc(/C(C)=N/N=C(N)N)c1. The van der Waals surface area contributed by atoms with Gasteiger partial charge in [0.05, 0.1) is 11.4 Å². The third kappa shape index (κ3) is 4.77. The first-order chi connectivity index (χ1) is 9.40. The highest BCUT2D eigenvalue weighted by Crippen LogP contribution is 2.08. The van der Waals surface area contributed by atoms with Gasteiger partial charge >= 0.3 is 0 Å². The van der Waals surface area contributed by atoms with Crippen LogP contribution in [0.1, 0.15) is 25.0 Å². The van der Waals surface area contributed by atoms with Crippen molar-refractivity contribution in [2.24, 2.45) is 43.3 Å². The molecule has 1 aromatic rings. The third-order valence-electron chi connectivity index (χ3n) is 2.33. The van der Waals surface area contributed by atoms with Crippen LogP contribution in [-0.4, -0.2) is 23.3 Å². The van der Waals surface area contributed by atoms with E-state index in [1.54, 1.807) is 13.8 Å². The van der Waals surface area contributed by atoms with Gasteiger partial charge in [0.2, 0.25) is 11.9 Å². The Bertz CT molecular complexity index is 540. The van der Waals surface area contributed by atoms with Crippen molar-refractivity contribution in [2.75, 3.05) is 0 Å². The van der Waals surface area contributed by atoms with E-state index < -0.39 is 0 Å². The minimum atomic E-state index is -0.0917. The second-order valence-corrected chi connectivity index (χ2v) is 4.00. The quantitative estimate of drug-likeness (QED) is 0.337. The Morgan fingerprint density at radius 1 is 0.750 bits per heavy atom. The van der Waals surface area contributed by atoms with E-state index in [4.69, 9.17) is 22.9 Å². The number of nitrogens with two attached hydrogens (primary N) is 4. The van der Waals surface area contributed by atoms with Crippen molar-refractivity contribution in [3.8, 4) is 0 Å². The normalized spacial score (nSPS) is 11.9. The molecule has 106 valence electrons. The predicted molar refractivity (Wildman–Crippen MR) is 82.5 cm³/mol. The van der Waals surface area contributed by atoms with E-state index in [2.05, 4.69) is 20.4 Å². The topological polar surface area (TPSA) is 154 Å². The van der Waals surface area contributed by atoms with Crippen LogP contribution in [0.3, 0.4) is 0 Å². The maximum atomic E-state index is 5.23. The van der Waals surface area contributed by atoms with Crippen LogP contribution in [0.25, 0.3) is 0 Å². The van der Waals surface area contributed by atoms with Crippen LogP contribution in [0, 0.1) is 0 Å². The smallest absolute Gasteiger partial charge is 0.211 e. The molecule has 0 bridgehead atoms. The van der Waals surface area contributed by atoms with Gasteiger partial charge < -0.3 is 22.9 Å². The largest absolute Gasteiger partial charge is 0.369 e. The first-order valence-corrected chi connectivity index (χ1v) is 5.77. The molecule has 8 heteroatoms. The average Bonchev–Trinajstić information content (AvgIpc) is 2.42. The fourth-order valence-corrected chi connectivity index (χ4v) is 1.35. The van der Waals surface area contributed by atoms with E-state index >= 15 is 0 Å². The Morgan fingerprint density at radius 2 is 1.15 bits per heavy atom. The summed E-state index contributed by atoms with van der Waals surface area (Å²) >= 11 is 0. The lowest BCUT2D eigenvalue weighted by atomic mass is 10.1.